The molecule has 1 aliphatic heterocycles. The Morgan fingerprint density at radius 1 is 1.40 bits per heavy atom. The molecule has 116 valence electrons. The number of nitrogens with zero attached hydrogens (tertiary/aromatic N) is 1. The Labute approximate surface area is 122 Å². The van der Waals surface area contributed by atoms with Crippen LogP contribution in [-0.2, 0) is 4.74 Å². The monoisotopic (exact) mass is 283 g/mol. The van der Waals surface area contributed by atoms with Gasteiger partial charge in [0.2, 0.25) is 0 Å². The molecule has 0 amide bonds. The second kappa shape index (κ2) is 6.31. The van der Waals surface area contributed by atoms with Gasteiger partial charge < -0.3 is 20.9 Å². The topological polar surface area (TPSA) is 79.9 Å². The molecule has 2 fully saturated rings. The summed E-state index contributed by atoms with van der Waals surface area (Å²) in [6.07, 6.45) is 5.28. The first-order chi connectivity index (χ1) is 9.43. The van der Waals surface area contributed by atoms with Gasteiger partial charge in [0, 0.05) is 38.0 Å². The quantitative estimate of drug-likeness (QED) is 0.524. The summed E-state index contributed by atoms with van der Waals surface area (Å²) in [5.41, 5.74) is 4.92. The van der Waals surface area contributed by atoms with Crippen LogP contribution in [0.4, 0.5) is 0 Å². The molecule has 2 rings (SSSR count). The van der Waals surface area contributed by atoms with Crippen LogP contribution in [0.1, 0.15) is 46.0 Å². The molecule has 5 nitrogen and oxygen atoms in total. The van der Waals surface area contributed by atoms with Crippen LogP contribution in [0.2, 0.25) is 0 Å². The number of hydrogen-bond donors (Lipinski definition) is 3. The largest absolute Gasteiger partial charge is 0.389 e. The molecule has 0 aromatic carbocycles. The van der Waals surface area contributed by atoms with Crippen LogP contribution in [0, 0.1) is 11.3 Å². The number of nitrogens with one attached hydrogen (secondary N) is 1. The average molecular weight is 283 g/mol. The first-order valence-electron chi connectivity index (χ1n) is 7.77. The zero-order valence-electron chi connectivity index (χ0n) is 12.8. The lowest BCUT2D eigenvalue weighted by Gasteiger charge is -2.44. The van der Waals surface area contributed by atoms with Crippen LogP contribution in [0.15, 0.2) is 4.99 Å². The molecule has 0 aromatic rings. The van der Waals surface area contributed by atoms with Gasteiger partial charge in [-0.1, -0.05) is 20.3 Å². The second-order valence-electron chi connectivity index (χ2n) is 6.91. The molecule has 0 atom stereocenters. The van der Waals surface area contributed by atoms with Crippen molar-refractivity contribution in [3.05, 3.63) is 0 Å². The van der Waals surface area contributed by atoms with Gasteiger partial charge in [0.05, 0.1) is 12.1 Å². The van der Waals surface area contributed by atoms with E-state index in [-0.39, 0.29) is 5.41 Å². The summed E-state index contributed by atoms with van der Waals surface area (Å²) in [7, 11) is 0. The molecule has 0 aromatic heterocycles. The highest BCUT2D eigenvalue weighted by molar-refractivity contribution is 5.77. The lowest BCUT2D eigenvalue weighted by Crippen LogP contribution is -2.50. The molecular formula is C15H29N3O2. The predicted octanol–water partition coefficient (Wildman–Crippen LogP) is 1.26. The number of ether oxygens (including phenoxy) is 1. The smallest absolute Gasteiger partial charge is 0.188 e. The summed E-state index contributed by atoms with van der Waals surface area (Å²) < 4.78 is 5.34. The summed E-state index contributed by atoms with van der Waals surface area (Å²) in [4.78, 5) is 4.43. The molecule has 0 spiro atoms. The molecule has 1 heterocycles. The molecule has 5 heteroatoms. The highest BCUT2D eigenvalue weighted by Crippen LogP contribution is 2.38. The molecule has 1 aliphatic carbocycles. The van der Waals surface area contributed by atoms with Crippen molar-refractivity contribution >= 4 is 5.96 Å². The maximum absolute atomic E-state index is 10.8. The van der Waals surface area contributed by atoms with Crippen LogP contribution >= 0.6 is 0 Å². The van der Waals surface area contributed by atoms with E-state index in [9.17, 15) is 5.11 Å². The molecule has 20 heavy (non-hydrogen) atoms. The summed E-state index contributed by atoms with van der Waals surface area (Å²) >= 11 is 0. The van der Waals surface area contributed by atoms with E-state index in [1.807, 2.05) is 0 Å². The lowest BCUT2D eigenvalue weighted by molar-refractivity contribution is -0.128. The van der Waals surface area contributed by atoms with E-state index in [1.165, 1.54) is 19.3 Å². The van der Waals surface area contributed by atoms with Crippen molar-refractivity contribution in [2.45, 2.75) is 51.6 Å². The van der Waals surface area contributed by atoms with Gasteiger partial charge in [-0.05, 0) is 18.8 Å². The van der Waals surface area contributed by atoms with E-state index in [1.54, 1.807) is 0 Å². The fourth-order valence-corrected chi connectivity index (χ4v) is 2.82. The standard InChI is InChI=1S/C15H29N3O2/c1-14(2,15(19)6-8-20-9-7-15)11-18-13(16)17-10-12-4-3-5-12/h12,19H,3-11H2,1-2H3,(H3,16,17,18). The third-order valence-corrected chi connectivity index (χ3v) is 5.02. The maximum atomic E-state index is 10.8. The minimum atomic E-state index is -0.705. The summed E-state index contributed by atoms with van der Waals surface area (Å²) in [6, 6.07) is 0. The van der Waals surface area contributed by atoms with Gasteiger partial charge in [-0.3, -0.25) is 4.99 Å². The molecular weight excluding hydrogens is 254 g/mol. The normalized spacial score (nSPS) is 24.2. The number of nitrogens with two attached hydrogens (primary N) is 1. The number of aliphatic hydroxyl groups is 1. The first kappa shape index (κ1) is 15.6. The third kappa shape index (κ3) is 3.64. The predicted molar refractivity (Wildman–Crippen MR) is 80.6 cm³/mol. The Bertz CT molecular complexity index is 345. The van der Waals surface area contributed by atoms with Crippen molar-refractivity contribution in [2.75, 3.05) is 26.3 Å². The van der Waals surface area contributed by atoms with Gasteiger partial charge in [-0.25, -0.2) is 0 Å². The summed E-state index contributed by atoms with van der Waals surface area (Å²) in [5, 5.41) is 14.0. The number of hydrogen-bond acceptors (Lipinski definition) is 3. The van der Waals surface area contributed by atoms with Crippen molar-refractivity contribution in [2.24, 2.45) is 22.1 Å². The zero-order chi connectivity index (χ0) is 14.6. The van der Waals surface area contributed by atoms with Crippen molar-refractivity contribution < 1.29 is 9.84 Å². The molecule has 4 N–H and O–H groups in total. The Kier molecular flexibility index (Phi) is 4.91. The zero-order valence-corrected chi connectivity index (χ0v) is 12.8. The fourth-order valence-electron chi connectivity index (χ4n) is 2.82. The Morgan fingerprint density at radius 2 is 2.05 bits per heavy atom. The Balaban J connectivity index is 1.82. The average Bonchev–Trinajstić information content (AvgIpc) is 2.35. The van der Waals surface area contributed by atoms with Crippen LogP contribution in [0.3, 0.4) is 0 Å². The minimum absolute atomic E-state index is 0.292. The fraction of sp³-hybridized carbons (Fsp3) is 0.933. The van der Waals surface area contributed by atoms with E-state index in [2.05, 4.69) is 24.2 Å². The molecule has 0 unspecified atom stereocenters. The molecule has 0 bridgehead atoms. The molecule has 1 saturated heterocycles. The van der Waals surface area contributed by atoms with Crippen molar-refractivity contribution in [3.63, 3.8) is 0 Å². The summed E-state index contributed by atoms with van der Waals surface area (Å²) in [5.74, 6) is 1.26. The van der Waals surface area contributed by atoms with Crippen LogP contribution in [0.5, 0.6) is 0 Å². The van der Waals surface area contributed by atoms with Crippen molar-refractivity contribution in [1.82, 2.24) is 5.32 Å². The number of aliphatic imine (C=N–C) groups is 1. The van der Waals surface area contributed by atoms with Gasteiger partial charge in [0.1, 0.15) is 0 Å². The van der Waals surface area contributed by atoms with E-state index in [0.29, 0.717) is 38.6 Å². The van der Waals surface area contributed by atoms with Gasteiger partial charge >= 0.3 is 0 Å². The van der Waals surface area contributed by atoms with Crippen LogP contribution in [-0.4, -0.2) is 43.0 Å². The molecule has 2 aliphatic rings. The molecule has 0 radical (unpaired) electrons. The van der Waals surface area contributed by atoms with Crippen molar-refractivity contribution in [3.8, 4) is 0 Å². The maximum Gasteiger partial charge on any atom is 0.188 e. The lowest BCUT2D eigenvalue weighted by atomic mass is 9.70. The highest BCUT2D eigenvalue weighted by Gasteiger charge is 2.44. The van der Waals surface area contributed by atoms with Gasteiger partial charge in [0.15, 0.2) is 5.96 Å². The Morgan fingerprint density at radius 3 is 2.60 bits per heavy atom. The van der Waals surface area contributed by atoms with Crippen LogP contribution in [0.25, 0.3) is 0 Å². The SMILES string of the molecule is CC(C)(CN=C(N)NCC1CCC1)C1(O)CCOCC1. The van der Waals surface area contributed by atoms with Gasteiger partial charge in [-0.15, -0.1) is 0 Å². The number of rotatable bonds is 5. The minimum Gasteiger partial charge on any atom is -0.389 e. The van der Waals surface area contributed by atoms with Gasteiger partial charge in [0.25, 0.3) is 0 Å². The highest BCUT2D eigenvalue weighted by atomic mass is 16.5. The van der Waals surface area contributed by atoms with Crippen LogP contribution < -0.4 is 11.1 Å². The van der Waals surface area contributed by atoms with E-state index in [0.717, 1.165) is 12.5 Å². The van der Waals surface area contributed by atoms with Crippen molar-refractivity contribution in [1.29, 1.82) is 0 Å². The van der Waals surface area contributed by atoms with Gasteiger partial charge in [-0.2, -0.15) is 0 Å². The second-order valence-corrected chi connectivity index (χ2v) is 6.91. The summed E-state index contributed by atoms with van der Waals surface area (Å²) in [6.45, 7) is 6.82. The number of guanidine groups is 1. The molecule has 1 saturated carbocycles. The third-order valence-electron chi connectivity index (χ3n) is 5.02. The van der Waals surface area contributed by atoms with E-state index < -0.39 is 5.60 Å². The van der Waals surface area contributed by atoms with E-state index in [4.69, 9.17) is 10.5 Å². The van der Waals surface area contributed by atoms with E-state index >= 15 is 0 Å². The first-order valence-corrected chi connectivity index (χ1v) is 7.77. The Hall–Kier alpha value is -0.810.